The molecule has 1 aromatic rings. The van der Waals surface area contributed by atoms with Crippen molar-refractivity contribution in [1.29, 1.82) is 0 Å². The van der Waals surface area contributed by atoms with Crippen LogP contribution in [0.5, 0.6) is 0 Å². The lowest BCUT2D eigenvalue weighted by Gasteiger charge is -2.16. The van der Waals surface area contributed by atoms with Crippen molar-refractivity contribution in [3.63, 3.8) is 0 Å². The first-order chi connectivity index (χ1) is 7.20. The fourth-order valence-electron chi connectivity index (χ4n) is 1.81. The number of rotatable bonds is 2. The van der Waals surface area contributed by atoms with Crippen LogP contribution in [0.25, 0.3) is 0 Å². The van der Waals surface area contributed by atoms with Crippen molar-refractivity contribution < 1.29 is 4.79 Å². The second-order valence-electron chi connectivity index (χ2n) is 3.79. The lowest BCUT2D eigenvalue weighted by atomic mass is 10.1. The van der Waals surface area contributed by atoms with Crippen LogP contribution in [0.3, 0.4) is 0 Å². The van der Waals surface area contributed by atoms with Crippen LogP contribution in [0.1, 0.15) is 6.42 Å². The third kappa shape index (κ3) is 2.67. The number of nitrogens with zero attached hydrogens (tertiary/aromatic N) is 1. The maximum atomic E-state index is 11.7. The predicted octanol–water partition coefficient (Wildman–Crippen LogP) is 2.07. The fourth-order valence-corrected chi connectivity index (χ4v) is 1.94. The van der Waals surface area contributed by atoms with Crippen molar-refractivity contribution in [3.05, 3.63) is 29.3 Å². The monoisotopic (exact) mass is 260 g/mol. The summed E-state index contributed by atoms with van der Waals surface area (Å²) in [5.74, 6) is 0.431. The minimum atomic E-state index is 0. The third-order valence-electron chi connectivity index (χ3n) is 2.68. The Balaban J connectivity index is 0.00000128. The highest BCUT2D eigenvalue weighted by Crippen LogP contribution is 2.25. The zero-order valence-corrected chi connectivity index (χ0v) is 10.3. The molecule has 0 aliphatic carbocycles. The number of amides is 1. The van der Waals surface area contributed by atoms with Crippen molar-refractivity contribution in [1.82, 2.24) is 0 Å². The van der Waals surface area contributed by atoms with Gasteiger partial charge in [-0.15, -0.1) is 12.4 Å². The summed E-state index contributed by atoms with van der Waals surface area (Å²) in [6, 6.07) is 7.30. The minimum absolute atomic E-state index is 0. The molecule has 3 nitrogen and oxygen atoms in total. The number of halogens is 2. The van der Waals surface area contributed by atoms with E-state index in [4.69, 9.17) is 17.3 Å². The molecule has 0 spiro atoms. The van der Waals surface area contributed by atoms with Crippen LogP contribution in [-0.4, -0.2) is 19.0 Å². The van der Waals surface area contributed by atoms with E-state index in [1.54, 1.807) is 17.0 Å². The maximum absolute atomic E-state index is 11.7. The Kier molecular flexibility index (Phi) is 4.59. The summed E-state index contributed by atoms with van der Waals surface area (Å²) in [5, 5.41) is 0.681. The lowest BCUT2D eigenvalue weighted by Crippen LogP contribution is -2.25. The molecule has 1 fully saturated rings. The van der Waals surface area contributed by atoms with Gasteiger partial charge in [-0.3, -0.25) is 4.79 Å². The van der Waals surface area contributed by atoms with Gasteiger partial charge in [0.2, 0.25) is 5.91 Å². The SMILES string of the molecule is Cl.NCC1CC(=O)N(c2ccc(Cl)cc2)C1. The van der Waals surface area contributed by atoms with Gasteiger partial charge in [0.25, 0.3) is 0 Å². The van der Waals surface area contributed by atoms with Crippen molar-refractivity contribution in [2.45, 2.75) is 6.42 Å². The molecule has 1 amide bonds. The van der Waals surface area contributed by atoms with E-state index in [9.17, 15) is 4.79 Å². The number of nitrogens with two attached hydrogens (primary N) is 1. The Morgan fingerprint density at radius 1 is 1.38 bits per heavy atom. The predicted molar refractivity (Wildman–Crippen MR) is 68.2 cm³/mol. The second-order valence-corrected chi connectivity index (χ2v) is 4.22. The molecule has 1 saturated heterocycles. The molecule has 16 heavy (non-hydrogen) atoms. The highest BCUT2D eigenvalue weighted by Gasteiger charge is 2.29. The molecule has 0 bridgehead atoms. The number of benzene rings is 1. The molecule has 1 unspecified atom stereocenters. The maximum Gasteiger partial charge on any atom is 0.227 e. The first kappa shape index (κ1) is 13.3. The van der Waals surface area contributed by atoms with Gasteiger partial charge in [-0.1, -0.05) is 11.6 Å². The first-order valence-electron chi connectivity index (χ1n) is 4.96. The molecule has 2 N–H and O–H groups in total. The molecule has 1 aliphatic heterocycles. The molecular formula is C11H14Cl2N2O. The largest absolute Gasteiger partial charge is 0.330 e. The highest BCUT2D eigenvalue weighted by atomic mass is 35.5. The molecule has 1 aliphatic rings. The molecule has 0 aromatic heterocycles. The van der Waals surface area contributed by atoms with E-state index in [1.165, 1.54) is 0 Å². The Bertz CT molecular complexity index is 367. The molecule has 2 rings (SSSR count). The van der Waals surface area contributed by atoms with E-state index in [-0.39, 0.29) is 24.2 Å². The Morgan fingerprint density at radius 2 is 2.00 bits per heavy atom. The van der Waals surface area contributed by atoms with Crippen LogP contribution < -0.4 is 10.6 Å². The first-order valence-corrected chi connectivity index (χ1v) is 5.34. The van der Waals surface area contributed by atoms with Gasteiger partial charge >= 0.3 is 0 Å². The Morgan fingerprint density at radius 3 is 2.50 bits per heavy atom. The van der Waals surface area contributed by atoms with Crippen LogP contribution in [0.15, 0.2) is 24.3 Å². The smallest absolute Gasteiger partial charge is 0.227 e. The van der Waals surface area contributed by atoms with Gasteiger partial charge in [0.15, 0.2) is 0 Å². The van der Waals surface area contributed by atoms with Crippen molar-refractivity contribution in [2.24, 2.45) is 11.7 Å². The number of hydrogen-bond donors (Lipinski definition) is 1. The lowest BCUT2D eigenvalue weighted by molar-refractivity contribution is -0.117. The van der Waals surface area contributed by atoms with Crippen LogP contribution in [0.4, 0.5) is 5.69 Å². The van der Waals surface area contributed by atoms with Gasteiger partial charge < -0.3 is 10.6 Å². The number of anilines is 1. The molecule has 1 aromatic carbocycles. The average Bonchev–Trinajstić information content (AvgIpc) is 2.61. The van der Waals surface area contributed by atoms with Crippen LogP contribution in [-0.2, 0) is 4.79 Å². The minimum Gasteiger partial charge on any atom is -0.330 e. The summed E-state index contributed by atoms with van der Waals surface area (Å²) in [5.41, 5.74) is 6.46. The molecule has 1 heterocycles. The summed E-state index contributed by atoms with van der Waals surface area (Å²) in [6.45, 7) is 1.28. The van der Waals surface area contributed by atoms with E-state index < -0.39 is 0 Å². The van der Waals surface area contributed by atoms with Gasteiger partial charge in [-0.25, -0.2) is 0 Å². The quantitative estimate of drug-likeness (QED) is 0.885. The van der Waals surface area contributed by atoms with E-state index in [1.807, 2.05) is 12.1 Å². The normalized spacial score (nSPS) is 19.8. The Hall–Kier alpha value is -0.770. The molecule has 88 valence electrons. The van der Waals surface area contributed by atoms with E-state index in [0.29, 0.717) is 18.0 Å². The zero-order chi connectivity index (χ0) is 10.8. The van der Waals surface area contributed by atoms with E-state index >= 15 is 0 Å². The van der Waals surface area contributed by atoms with Gasteiger partial charge in [-0.2, -0.15) is 0 Å². The van der Waals surface area contributed by atoms with Crippen molar-refractivity contribution >= 4 is 35.6 Å². The molecule has 1 atom stereocenters. The molecule has 5 heteroatoms. The van der Waals surface area contributed by atoms with Gasteiger partial charge in [-0.05, 0) is 36.7 Å². The summed E-state index contributed by atoms with van der Waals surface area (Å²) in [4.78, 5) is 13.4. The Labute approximate surface area is 106 Å². The number of carbonyl (C=O) groups is 1. The molecule has 0 radical (unpaired) electrons. The zero-order valence-electron chi connectivity index (χ0n) is 8.73. The number of hydrogen-bond acceptors (Lipinski definition) is 2. The standard InChI is InChI=1S/C11H13ClN2O.ClH/c12-9-1-3-10(4-2-9)14-7-8(6-13)5-11(14)15;/h1-4,8H,5-7,13H2;1H. The highest BCUT2D eigenvalue weighted by molar-refractivity contribution is 6.30. The van der Waals surface area contributed by atoms with E-state index in [0.717, 1.165) is 12.2 Å². The fraction of sp³-hybridized carbons (Fsp3) is 0.364. The topological polar surface area (TPSA) is 46.3 Å². The summed E-state index contributed by atoms with van der Waals surface area (Å²) in [7, 11) is 0. The van der Waals surface area contributed by atoms with E-state index in [2.05, 4.69) is 0 Å². The van der Waals surface area contributed by atoms with Crippen LogP contribution in [0.2, 0.25) is 5.02 Å². The number of carbonyl (C=O) groups excluding carboxylic acids is 1. The van der Waals surface area contributed by atoms with Crippen molar-refractivity contribution in [3.8, 4) is 0 Å². The molecule has 0 saturated carbocycles. The summed E-state index contributed by atoms with van der Waals surface area (Å²) in [6.07, 6.45) is 0.555. The van der Waals surface area contributed by atoms with Crippen LogP contribution >= 0.6 is 24.0 Å². The van der Waals surface area contributed by atoms with Gasteiger partial charge in [0, 0.05) is 23.7 Å². The van der Waals surface area contributed by atoms with Crippen molar-refractivity contribution in [2.75, 3.05) is 18.0 Å². The van der Waals surface area contributed by atoms with Gasteiger partial charge in [0.1, 0.15) is 0 Å². The summed E-state index contributed by atoms with van der Waals surface area (Å²) < 4.78 is 0. The van der Waals surface area contributed by atoms with Crippen LogP contribution in [0, 0.1) is 5.92 Å². The third-order valence-corrected chi connectivity index (χ3v) is 2.93. The summed E-state index contributed by atoms with van der Waals surface area (Å²) >= 11 is 5.79. The second kappa shape index (κ2) is 5.53. The molecular weight excluding hydrogens is 247 g/mol. The average molecular weight is 261 g/mol. The van der Waals surface area contributed by atoms with Gasteiger partial charge in [0.05, 0.1) is 0 Å².